The van der Waals surface area contributed by atoms with Crippen LogP contribution >= 0.6 is 15.9 Å². The topological polar surface area (TPSA) is 113 Å². The van der Waals surface area contributed by atoms with Crippen LogP contribution in [0.25, 0.3) is 10.9 Å². The third-order valence-corrected chi connectivity index (χ3v) is 9.98. The normalized spacial score (nSPS) is 16.5. The summed E-state index contributed by atoms with van der Waals surface area (Å²) in [6.45, 7) is 4.00. The molecule has 0 saturated heterocycles. The molecule has 1 unspecified atom stereocenters. The van der Waals surface area contributed by atoms with E-state index < -0.39 is 20.7 Å². The van der Waals surface area contributed by atoms with E-state index in [4.69, 9.17) is 14.2 Å². The van der Waals surface area contributed by atoms with Crippen LogP contribution in [0.4, 0.5) is 15.9 Å². The fourth-order valence-electron chi connectivity index (χ4n) is 4.60. The van der Waals surface area contributed by atoms with E-state index in [1.807, 2.05) is 30.3 Å². The van der Waals surface area contributed by atoms with Crippen LogP contribution < -0.4 is 10.1 Å². The zero-order valence-corrected chi connectivity index (χ0v) is 26.2. The Labute approximate surface area is 258 Å². The predicted octanol–water partition coefficient (Wildman–Crippen LogP) is 6.61. The number of nitrogens with one attached hydrogen (secondary N) is 1. The highest BCUT2D eigenvalue weighted by Gasteiger charge is 2.37. The van der Waals surface area contributed by atoms with Gasteiger partial charge in [0.05, 0.1) is 52.4 Å². The number of aromatic nitrogens is 3. The first kappa shape index (κ1) is 30.8. The van der Waals surface area contributed by atoms with Crippen LogP contribution in [-0.2, 0) is 31.5 Å². The molecule has 226 valence electrons. The van der Waals surface area contributed by atoms with Crippen LogP contribution in [-0.4, -0.2) is 47.6 Å². The third-order valence-electron chi connectivity index (χ3n) is 7.18. The molecule has 2 aromatic carbocycles. The van der Waals surface area contributed by atoms with Crippen molar-refractivity contribution < 1.29 is 27.0 Å². The highest BCUT2D eigenvalue weighted by Crippen LogP contribution is 2.39. The molecule has 0 saturated carbocycles. The van der Waals surface area contributed by atoms with Crippen molar-refractivity contribution in [3.8, 4) is 5.75 Å². The molecule has 4 aromatic rings. The number of anilines is 2. The standard InChI is InChI=1S/C31H32BrFN4O5S/c1-21(2)43(38,39)14-13-40-12-10-31(9-4-11-42-31)29-17-25-27(18-34-29)35-20-36-30(25)37-24-7-8-28(26(32)16-24)41-19-22-5-3-6-23(33)15-22/h3-8,11,15-18,20-21H,9-10,12-14,19H2,1-2H3,(H,35,36,37). The first-order valence-corrected chi connectivity index (χ1v) is 16.3. The maximum absolute atomic E-state index is 13.5. The average Bonchev–Trinajstić information content (AvgIpc) is 3.46. The lowest BCUT2D eigenvalue weighted by atomic mass is 9.91. The van der Waals surface area contributed by atoms with Gasteiger partial charge in [-0.2, -0.15) is 0 Å². The number of fused-ring (bicyclic) bond motifs is 1. The van der Waals surface area contributed by atoms with Gasteiger partial charge in [-0.15, -0.1) is 0 Å². The number of pyridine rings is 1. The Kier molecular flexibility index (Phi) is 9.58. The molecule has 0 aliphatic carbocycles. The van der Waals surface area contributed by atoms with Gasteiger partial charge in [0.25, 0.3) is 0 Å². The number of rotatable bonds is 13. The number of sulfone groups is 1. The second kappa shape index (κ2) is 13.4. The van der Waals surface area contributed by atoms with Crippen molar-refractivity contribution in [2.75, 3.05) is 24.3 Å². The zero-order chi connectivity index (χ0) is 30.5. The Bertz CT molecular complexity index is 1730. The van der Waals surface area contributed by atoms with Gasteiger partial charge in [0, 0.05) is 23.9 Å². The van der Waals surface area contributed by atoms with Crippen molar-refractivity contribution in [1.29, 1.82) is 0 Å². The molecule has 1 aliphatic rings. The van der Waals surface area contributed by atoms with Crippen molar-refractivity contribution in [1.82, 2.24) is 15.0 Å². The smallest absolute Gasteiger partial charge is 0.155 e. The van der Waals surface area contributed by atoms with Crippen molar-refractivity contribution in [2.45, 2.75) is 44.1 Å². The number of nitrogens with zero attached hydrogens (tertiary/aromatic N) is 3. The highest BCUT2D eigenvalue weighted by atomic mass is 79.9. The molecule has 1 aliphatic heterocycles. The Balaban J connectivity index is 1.30. The molecule has 1 N–H and O–H groups in total. The van der Waals surface area contributed by atoms with Gasteiger partial charge in [0.15, 0.2) is 15.4 Å². The molecule has 2 aromatic heterocycles. The van der Waals surface area contributed by atoms with Gasteiger partial charge >= 0.3 is 0 Å². The van der Waals surface area contributed by atoms with Crippen molar-refractivity contribution in [3.05, 3.63) is 94.9 Å². The van der Waals surface area contributed by atoms with Crippen LogP contribution in [0.3, 0.4) is 0 Å². The minimum absolute atomic E-state index is 0.0202. The van der Waals surface area contributed by atoms with Crippen molar-refractivity contribution in [2.24, 2.45) is 0 Å². The summed E-state index contributed by atoms with van der Waals surface area (Å²) in [5.41, 5.74) is 2.11. The number of hydrogen-bond acceptors (Lipinski definition) is 9. The third kappa shape index (κ3) is 7.49. The van der Waals surface area contributed by atoms with E-state index in [0.717, 1.165) is 21.1 Å². The molecular weight excluding hydrogens is 639 g/mol. The van der Waals surface area contributed by atoms with E-state index in [0.29, 0.717) is 42.2 Å². The molecule has 9 nitrogen and oxygen atoms in total. The number of ether oxygens (including phenoxy) is 3. The van der Waals surface area contributed by atoms with Gasteiger partial charge in [-0.3, -0.25) is 4.98 Å². The van der Waals surface area contributed by atoms with Crippen LogP contribution in [0, 0.1) is 5.82 Å². The summed E-state index contributed by atoms with van der Waals surface area (Å²) in [5, 5.41) is 3.68. The van der Waals surface area contributed by atoms with Crippen molar-refractivity contribution >= 4 is 48.2 Å². The number of hydrogen-bond donors (Lipinski definition) is 1. The molecule has 12 heteroatoms. The fourth-order valence-corrected chi connectivity index (χ4v) is 5.91. The maximum atomic E-state index is 13.5. The van der Waals surface area contributed by atoms with Gasteiger partial charge in [-0.25, -0.2) is 22.8 Å². The van der Waals surface area contributed by atoms with E-state index in [1.165, 1.54) is 18.5 Å². The lowest BCUT2D eigenvalue weighted by molar-refractivity contribution is -0.000462. The molecule has 5 rings (SSSR count). The zero-order valence-electron chi connectivity index (χ0n) is 23.8. The Hall–Kier alpha value is -3.61. The molecule has 43 heavy (non-hydrogen) atoms. The number of benzene rings is 2. The molecule has 0 amide bonds. The predicted molar refractivity (Wildman–Crippen MR) is 166 cm³/mol. The summed E-state index contributed by atoms with van der Waals surface area (Å²) in [7, 11) is -3.17. The van der Waals surface area contributed by atoms with Crippen LogP contribution in [0.2, 0.25) is 0 Å². The first-order chi connectivity index (χ1) is 20.6. The molecule has 0 radical (unpaired) electrons. The minimum Gasteiger partial charge on any atom is -0.488 e. The van der Waals surface area contributed by atoms with E-state index in [-0.39, 0.29) is 24.8 Å². The van der Waals surface area contributed by atoms with E-state index in [1.54, 1.807) is 38.4 Å². The van der Waals surface area contributed by atoms with E-state index >= 15 is 0 Å². The van der Waals surface area contributed by atoms with E-state index in [9.17, 15) is 12.8 Å². The van der Waals surface area contributed by atoms with E-state index in [2.05, 4.69) is 36.2 Å². The lowest BCUT2D eigenvalue weighted by Gasteiger charge is -2.28. The largest absolute Gasteiger partial charge is 0.488 e. The number of halogens is 2. The van der Waals surface area contributed by atoms with Crippen LogP contribution in [0.1, 0.15) is 37.9 Å². The lowest BCUT2D eigenvalue weighted by Crippen LogP contribution is -2.29. The Morgan fingerprint density at radius 3 is 2.72 bits per heavy atom. The average molecular weight is 672 g/mol. The second-order valence-corrected chi connectivity index (χ2v) is 14.0. The Morgan fingerprint density at radius 1 is 1.12 bits per heavy atom. The Morgan fingerprint density at radius 2 is 1.98 bits per heavy atom. The first-order valence-electron chi connectivity index (χ1n) is 13.8. The SMILES string of the molecule is CC(C)S(=O)(=O)CCOCCC1(c2cc3c(Nc4ccc(OCc5cccc(F)c5)c(Br)c4)ncnc3cn2)CC=CO1. The van der Waals surface area contributed by atoms with Crippen LogP contribution in [0.5, 0.6) is 5.75 Å². The molecule has 0 spiro atoms. The summed E-state index contributed by atoms with van der Waals surface area (Å²) in [6, 6.07) is 13.8. The monoisotopic (exact) mass is 670 g/mol. The molecule has 3 heterocycles. The maximum Gasteiger partial charge on any atom is 0.155 e. The van der Waals surface area contributed by atoms with Gasteiger partial charge in [0.2, 0.25) is 0 Å². The van der Waals surface area contributed by atoms with Gasteiger partial charge in [-0.1, -0.05) is 12.1 Å². The van der Waals surface area contributed by atoms with Crippen LogP contribution in [0.15, 0.2) is 77.9 Å². The van der Waals surface area contributed by atoms with Gasteiger partial charge in [-0.05, 0) is 77.8 Å². The molecule has 0 bridgehead atoms. The molecule has 1 atom stereocenters. The molecule has 0 fully saturated rings. The summed E-state index contributed by atoms with van der Waals surface area (Å²) >= 11 is 3.56. The summed E-state index contributed by atoms with van der Waals surface area (Å²) in [4.78, 5) is 13.5. The summed E-state index contributed by atoms with van der Waals surface area (Å²) in [6.07, 6.45) is 7.84. The molecular formula is C31H32BrFN4O5S. The highest BCUT2D eigenvalue weighted by molar-refractivity contribution is 9.10. The van der Waals surface area contributed by atoms with Gasteiger partial charge in [0.1, 0.15) is 30.3 Å². The fraction of sp³-hybridized carbons (Fsp3) is 0.323. The minimum atomic E-state index is -3.17. The van der Waals surface area contributed by atoms with Gasteiger partial charge < -0.3 is 19.5 Å². The summed E-state index contributed by atoms with van der Waals surface area (Å²) in [5.74, 6) is 0.879. The van der Waals surface area contributed by atoms with Crippen molar-refractivity contribution in [3.63, 3.8) is 0 Å². The summed E-state index contributed by atoms with van der Waals surface area (Å²) < 4.78 is 56.0. The quantitative estimate of drug-likeness (QED) is 0.157. The second-order valence-electron chi connectivity index (χ2n) is 10.5.